The fraction of sp³-hybridized carbons (Fsp3) is 0.867. The summed E-state index contributed by atoms with van der Waals surface area (Å²) in [5.41, 5.74) is 0. The Balaban J connectivity index is 0. The monoisotopic (exact) mass is 576 g/mol. The molecule has 1 fully saturated rings. The van der Waals surface area contributed by atoms with E-state index >= 15 is 0 Å². The van der Waals surface area contributed by atoms with E-state index < -0.39 is 11.9 Å². The van der Waals surface area contributed by atoms with E-state index in [1.807, 2.05) is 0 Å². The van der Waals surface area contributed by atoms with Crippen LogP contribution in [0.5, 0.6) is 0 Å². The van der Waals surface area contributed by atoms with Gasteiger partial charge in [-0.25, -0.2) is 0 Å². The van der Waals surface area contributed by atoms with Crippen LogP contribution < -0.4 is 0 Å². The molecule has 0 saturated carbocycles. The fourth-order valence-corrected chi connectivity index (χ4v) is 3.93. The van der Waals surface area contributed by atoms with Crippen molar-refractivity contribution in [1.29, 1.82) is 0 Å². The molecule has 236 valence electrons. The van der Waals surface area contributed by atoms with Crippen molar-refractivity contribution in [3.8, 4) is 0 Å². The zero-order valence-corrected chi connectivity index (χ0v) is 24.6. The van der Waals surface area contributed by atoms with E-state index in [0.717, 1.165) is 77.0 Å². The second-order valence-electron chi connectivity index (χ2n) is 10.0. The number of carbonyl (C=O) groups excluding carboxylic acids is 2. The van der Waals surface area contributed by atoms with E-state index in [1.54, 1.807) is 0 Å². The van der Waals surface area contributed by atoms with E-state index in [1.165, 1.54) is 25.7 Å². The van der Waals surface area contributed by atoms with Crippen molar-refractivity contribution >= 4 is 23.9 Å². The molecule has 0 bridgehead atoms. The molecule has 0 unspecified atom stereocenters. The first-order valence-corrected chi connectivity index (χ1v) is 15.3. The van der Waals surface area contributed by atoms with Gasteiger partial charge in [0.05, 0.1) is 26.4 Å². The third kappa shape index (κ3) is 37.9. The molecule has 4 N–H and O–H groups in total. The summed E-state index contributed by atoms with van der Waals surface area (Å²) in [6.07, 6.45) is 19.9. The van der Waals surface area contributed by atoms with Gasteiger partial charge in [-0.1, -0.05) is 77.0 Å². The topological polar surface area (TPSA) is 168 Å². The molecule has 10 heteroatoms. The Labute approximate surface area is 240 Å². The lowest BCUT2D eigenvalue weighted by Crippen LogP contribution is -2.08. The fourth-order valence-electron chi connectivity index (χ4n) is 3.93. The lowest BCUT2D eigenvalue weighted by molar-refractivity contribution is -0.146. The van der Waals surface area contributed by atoms with Crippen molar-refractivity contribution in [2.75, 3.05) is 26.4 Å². The van der Waals surface area contributed by atoms with Gasteiger partial charge in [-0.2, -0.15) is 0 Å². The van der Waals surface area contributed by atoms with Crippen molar-refractivity contribution < 1.29 is 49.1 Å². The molecule has 0 spiro atoms. The highest BCUT2D eigenvalue weighted by atomic mass is 16.5. The molecule has 0 aliphatic carbocycles. The van der Waals surface area contributed by atoms with E-state index in [9.17, 15) is 19.2 Å². The van der Waals surface area contributed by atoms with Crippen molar-refractivity contribution in [1.82, 2.24) is 0 Å². The third-order valence-corrected chi connectivity index (χ3v) is 6.21. The van der Waals surface area contributed by atoms with E-state index in [-0.39, 0.29) is 38.0 Å². The number of carboxylic acid groups (broad SMARTS) is 2. The van der Waals surface area contributed by atoms with Crippen LogP contribution in [0.1, 0.15) is 141 Å². The summed E-state index contributed by atoms with van der Waals surface area (Å²) >= 11 is 0. The van der Waals surface area contributed by atoms with E-state index in [2.05, 4.69) is 0 Å². The smallest absolute Gasteiger partial charge is 0.305 e. The normalized spacial score (nSPS) is 15.9. The van der Waals surface area contributed by atoms with Crippen molar-refractivity contribution in [2.24, 2.45) is 0 Å². The first-order chi connectivity index (χ1) is 19.3. The Kier molecular flexibility index (Phi) is 33.0. The van der Waals surface area contributed by atoms with Crippen LogP contribution >= 0.6 is 0 Å². The number of hydrogen-bond acceptors (Lipinski definition) is 8. The lowest BCUT2D eigenvalue weighted by atomic mass is 10.1. The Hall–Kier alpha value is -2.20. The number of aliphatic hydroxyl groups is 2. The zero-order valence-electron chi connectivity index (χ0n) is 24.6. The lowest BCUT2D eigenvalue weighted by Gasteiger charge is -2.07. The number of aliphatic carboxylic acids is 2. The summed E-state index contributed by atoms with van der Waals surface area (Å²) in [6.45, 7) is 0.835. The van der Waals surface area contributed by atoms with Crippen molar-refractivity contribution in [2.45, 2.75) is 141 Å². The number of esters is 2. The molecule has 0 amide bonds. The maximum Gasteiger partial charge on any atom is 0.305 e. The second-order valence-corrected chi connectivity index (χ2v) is 10.0. The van der Waals surface area contributed by atoms with Gasteiger partial charge in [0.2, 0.25) is 0 Å². The van der Waals surface area contributed by atoms with E-state index in [0.29, 0.717) is 38.9 Å². The van der Waals surface area contributed by atoms with Gasteiger partial charge in [0.25, 0.3) is 0 Å². The number of carbonyl (C=O) groups is 4. The van der Waals surface area contributed by atoms with Gasteiger partial charge in [0.1, 0.15) is 0 Å². The Morgan fingerprint density at radius 3 is 1.10 bits per heavy atom. The summed E-state index contributed by atoms with van der Waals surface area (Å²) in [4.78, 5) is 43.3. The first-order valence-electron chi connectivity index (χ1n) is 15.3. The molecule has 1 aliphatic heterocycles. The summed E-state index contributed by atoms with van der Waals surface area (Å²) in [7, 11) is 0. The SMILES string of the molecule is O=C(O)CCCCCCCCCCC(=O)O.O=C1CCCCC(=O)OCCCCCCCCCCO1.OCCO. The summed E-state index contributed by atoms with van der Waals surface area (Å²) in [5.74, 6) is -1.71. The largest absolute Gasteiger partial charge is 0.481 e. The molecule has 0 radical (unpaired) electrons. The molecule has 40 heavy (non-hydrogen) atoms. The standard InChI is InChI=1S/C16H28O4.C12H22O4.C2H6O2/c17-15-11-7-8-12-16(18)20-14-10-6-4-2-1-3-5-9-13-19-15;13-11(14)9-7-5-3-1-2-4-6-8-10-12(15)16;3-1-2-4/h1-14H2;1-10H2,(H,13,14)(H,15,16);3-4H,1-2H2. The quantitative estimate of drug-likeness (QED) is 0.165. The summed E-state index contributed by atoms with van der Waals surface area (Å²) in [6, 6.07) is 0. The molecule has 0 aromatic carbocycles. The Morgan fingerprint density at radius 2 is 0.800 bits per heavy atom. The van der Waals surface area contributed by atoms with Gasteiger partial charge in [-0.15, -0.1) is 0 Å². The highest BCUT2D eigenvalue weighted by Crippen LogP contribution is 2.11. The third-order valence-electron chi connectivity index (χ3n) is 6.21. The number of carboxylic acids is 2. The van der Waals surface area contributed by atoms with Crippen LogP contribution in [0.4, 0.5) is 0 Å². The molecule has 10 nitrogen and oxygen atoms in total. The van der Waals surface area contributed by atoms with Crippen LogP contribution in [0.2, 0.25) is 0 Å². The van der Waals surface area contributed by atoms with Crippen molar-refractivity contribution in [3.05, 3.63) is 0 Å². The van der Waals surface area contributed by atoms with Crippen LogP contribution in [-0.4, -0.2) is 70.7 Å². The van der Waals surface area contributed by atoms with Crippen LogP contribution in [0.15, 0.2) is 0 Å². The maximum atomic E-state index is 11.4. The van der Waals surface area contributed by atoms with Gasteiger partial charge < -0.3 is 29.9 Å². The average molecular weight is 577 g/mol. The van der Waals surface area contributed by atoms with E-state index in [4.69, 9.17) is 29.9 Å². The molecular weight excluding hydrogens is 520 g/mol. The highest BCUT2D eigenvalue weighted by molar-refractivity contribution is 5.70. The Bertz CT molecular complexity index is 557. The molecule has 1 heterocycles. The van der Waals surface area contributed by atoms with Crippen LogP contribution in [0, 0.1) is 0 Å². The van der Waals surface area contributed by atoms with Crippen molar-refractivity contribution in [3.63, 3.8) is 0 Å². The molecule has 0 aromatic rings. The average Bonchev–Trinajstić information content (AvgIpc) is 2.92. The van der Waals surface area contributed by atoms with Gasteiger partial charge in [-0.3, -0.25) is 19.2 Å². The number of aliphatic hydroxyl groups excluding tert-OH is 2. The summed E-state index contributed by atoms with van der Waals surface area (Å²) < 4.78 is 10.3. The molecule has 0 atom stereocenters. The molecule has 1 rings (SSSR count). The number of cyclic esters (lactones) is 2. The van der Waals surface area contributed by atoms with Gasteiger partial charge in [0, 0.05) is 25.7 Å². The first kappa shape index (κ1) is 39.9. The highest BCUT2D eigenvalue weighted by Gasteiger charge is 2.06. The minimum absolute atomic E-state index is 0.125. The molecule has 1 aliphatic rings. The second kappa shape index (κ2) is 33.0. The number of rotatable bonds is 12. The van der Waals surface area contributed by atoms with Gasteiger partial charge in [0.15, 0.2) is 0 Å². The predicted molar refractivity (Wildman–Crippen MR) is 153 cm³/mol. The number of hydrogen-bond donors (Lipinski definition) is 4. The van der Waals surface area contributed by atoms with Gasteiger partial charge >= 0.3 is 23.9 Å². The minimum atomic E-state index is -0.714. The Morgan fingerprint density at radius 1 is 0.500 bits per heavy atom. The van der Waals surface area contributed by atoms with Crippen LogP contribution in [0.3, 0.4) is 0 Å². The number of ether oxygens (including phenoxy) is 2. The maximum absolute atomic E-state index is 11.4. The predicted octanol–water partition coefficient (Wildman–Crippen LogP) is 5.80. The molecular formula is C30H56O10. The summed E-state index contributed by atoms with van der Waals surface area (Å²) in [5, 5.41) is 32.1. The number of unbranched alkanes of at least 4 members (excludes halogenated alkanes) is 7. The van der Waals surface area contributed by atoms with Crippen LogP contribution in [0.25, 0.3) is 0 Å². The minimum Gasteiger partial charge on any atom is -0.481 e. The molecule has 1 saturated heterocycles. The zero-order chi connectivity index (χ0) is 30.1. The molecule has 0 aromatic heterocycles. The van der Waals surface area contributed by atoms with Crippen LogP contribution in [-0.2, 0) is 28.7 Å². The van der Waals surface area contributed by atoms with Gasteiger partial charge in [-0.05, 0) is 38.5 Å².